The van der Waals surface area contributed by atoms with Gasteiger partial charge >= 0.3 is 0 Å². The van der Waals surface area contributed by atoms with Crippen LogP contribution in [0.3, 0.4) is 0 Å². The number of ether oxygens (including phenoxy) is 1. The molecule has 0 unspecified atom stereocenters. The molecule has 0 fully saturated rings. The Morgan fingerprint density at radius 1 is 1.53 bits per heavy atom. The Morgan fingerprint density at radius 2 is 2.27 bits per heavy atom. The van der Waals surface area contributed by atoms with Crippen molar-refractivity contribution in [2.45, 2.75) is 13.8 Å². The quantitative estimate of drug-likeness (QED) is 0.634. The fourth-order valence-electron chi connectivity index (χ4n) is 1.01. The lowest BCUT2D eigenvalue weighted by molar-refractivity contribution is 0.413. The first kappa shape index (κ1) is 11.8. The third-order valence-electron chi connectivity index (χ3n) is 1.74. The van der Waals surface area contributed by atoms with Crippen LogP contribution in [0.2, 0.25) is 5.15 Å². The molecule has 0 aliphatic rings. The molecule has 0 atom stereocenters. The molecule has 0 bridgehead atoms. The number of halogens is 1. The maximum absolute atomic E-state index is 5.84. The van der Waals surface area contributed by atoms with Crippen LogP contribution in [0, 0.1) is 0 Å². The second kappa shape index (κ2) is 5.56. The molecular formula is C10H14ClN3O. The maximum atomic E-state index is 5.84. The van der Waals surface area contributed by atoms with E-state index in [1.54, 1.807) is 0 Å². The van der Waals surface area contributed by atoms with Gasteiger partial charge in [-0.05, 0) is 13.8 Å². The molecule has 82 valence electrons. The summed E-state index contributed by atoms with van der Waals surface area (Å²) in [7, 11) is 1.54. The number of methoxy groups -OCH3 is 1. The second-order valence-corrected chi connectivity index (χ2v) is 3.57. The fraction of sp³-hybridized carbons (Fsp3) is 0.400. The van der Waals surface area contributed by atoms with E-state index in [0.29, 0.717) is 23.3 Å². The van der Waals surface area contributed by atoms with E-state index in [1.165, 1.54) is 19.0 Å². The number of hydrogen-bond acceptors (Lipinski definition) is 4. The molecule has 5 heteroatoms. The van der Waals surface area contributed by atoms with Crippen molar-refractivity contribution in [1.29, 1.82) is 0 Å². The van der Waals surface area contributed by atoms with Crippen LogP contribution in [0.1, 0.15) is 13.8 Å². The zero-order valence-corrected chi connectivity index (χ0v) is 9.80. The number of aromatic nitrogens is 2. The van der Waals surface area contributed by atoms with Gasteiger partial charge in [-0.3, -0.25) is 0 Å². The normalized spacial score (nSPS) is 9.60. The summed E-state index contributed by atoms with van der Waals surface area (Å²) in [6.07, 6.45) is 3.45. The predicted molar refractivity (Wildman–Crippen MR) is 61.5 cm³/mol. The van der Waals surface area contributed by atoms with E-state index in [4.69, 9.17) is 16.3 Å². The van der Waals surface area contributed by atoms with Crippen LogP contribution in [-0.4, -0.2) is 23.6 Å². The minimum absolute atomic E-state index is 0.312. The highest BCUT2D eigenvalue weighted by atomic mass is 35.5. The number of hydrogen-bond donors (Lipinski definition) is 1. The van der Waals surface area contributed by atoms with Crippen molar-refractivity contribution in [3.8, 4) is 5.75 Å². The highest BCUT2D eigenvalue weighted by molar-refractivity contribution is 6.31. The van der Waals surface area contributed by atoms with Crippen LogP contribution >= 0.6 is 11.6 Å². The zero-order chi connectivity index (χ0) is 11.3. The molecule has 0 aromatic carbocycles. The van der Waals surface area contributed by atoms with Gasteiger partial charge in [0.1, 0.15) is 6.33 Å². The predicted octanol–water partition coefficient (Wildman–Crippen LogP) is 2.52. The average molecular weight is 228 g/mol. The molecule has 1 aromatic heterocycles. The molecule has 1 aromatic rings. The third-order valence-corrected chi connectivity index (χ3v) is 2.01. The van der Waals surface area contributed by atoms with E-state index < -0.39 is 0 Å². The highest BCUT2D eigenvalue weighted by Crippen LogP contribution is 2.27. The SMILES string of the molecule is COc1c(Cl)ncnc1NCC=C(C)C. The summed E-state index contributed by atoms with van der Waals surface area (Å²) in [5, 5.41) is 3.41. The number of allylic oxidation sites excluding steroid dienone is 1. The molecule has 1 heterocycles. The first-order valence-electron chi connectivity index (χ1n) is 4.57. The maximum Gasteiger partial charge on any atom is 0.198 e. The van der Waals surface area contributed by atoms with E-state index in [9.17, 15) is 0 Å². The number of nitrogens with zero attached hydrogens (tertiary/aromatic N) is 2. The molecule has 0 aliphatic carbocycles. The van der Waals surface area contributed by atoms with Crippen molar-refractivity contribution in [2.24, 2.45) is 0 Å². The number of nitrogens with one attached hydrogen (secondary N) is 1. The lowest BCUT2D eigenvalue weighted by Crippen LogP contribution is -2.04. The van der Waals surface area contributed by atoms with Crippen molar-refractivity contribution in [3.63, 3.8) is 0 Å². The smallest absolute Gasteiger partial charge is 0.198 e. The summed E-state index contributed by atoms with van der Waals surface area (Å²) in [6.45, 7) is 4.75. The van der Waals surface area contributed by atoms with E-state index in [1.807, 2.05) is 13.8 Å². The standard InChI is InChI=1S/C10H14ClN3O/c1-7(2)4-5-12-10-8(15-3)9(11)13-6-14-10/h4,6H,5H2,1-3H3,(H,12,13,14). The Labute approximate surface area is 94.3 Å². The van der Waals surface area contributed by atoms with E-state index in [0.717, 1.165) is 0 Å². The van der Waals surface area contributed by atoms with E-state index in [2.05, 4.69) is 21.4 Å². The van der Waals surface area contributed by atoms with Gasteiger partial charge in [-0.2, -0.15) is 0 Å². The molecule has 0 amide bonds. The van der Waals surface area contributed by atoms with Crippen molar-refractivity contribution in [2.75, 3.05) is 19.0 Å². The van der Waals surface area contributed by atoms with Crippen molar-refractivity contribution < 1.29 is 4.74 Å². The molecular weight excluding hydrogens is 214 g/mol. The molecule has 0 radical (unpaired) electrons. The van der Waals surface area contributed by atoms with Crippen LogP contribution < -0.4 is 10.1 Å². The molecule has 0 saturated carbocycles. The Morgan fingerprint density at radius 3 is 2.87 bits per heavy atom. The average Bonchev–Trinajstić information content (AvgIpc) is 2.17. The van der Waals surface area contributed by atoms with Gasteiger partial charge in [0.15, 0.2) is 16.7 Å². The van der Waals surface area contributed by atoms with Gasteiger partial charge in [0.25, 0.3) is 0 Å². The van der Waals surface area contributed by atoms with Crippen LogP contribution in [-0.2, 0) is 0 Å². The molecule has 1 N–H and O–H groups in total. The van der Waals surface area contributed by atoms with Gasteiger partial charge in [-0.1, -0.05) is 23.3 Å². The van der Waals surface area contributed by atoms with Gasteiger partial charge in [-0.25, -0.2) is 9.97 Å². The van der Waals surface area contributed by atoms with Crippen LogP contribution in [0.4, 0.5) is 5.82 Å². The lowest BCUT2D eigenvalue weighted by Gasteiger charge is -2.08. The Kier molecular flexibility index (Phi) is 4.37. The van der Waals surface area contributed by atoms with E-state index >= 15 is 0 Å². The number of rotatable bonds is 4. The van der Waals surface area contributed by atoms with Crippen molar-refractivity contribution in [1.82, 2.24) is 9.97 Å². The monoisotopic (exact) mass is 227 g/mol. The fourth-order valence-corrected chi connectivity index (χ4v) is 1.22. The van der Waals surface area contributed by atoms with Crippen LogP contribution in [0.15, 0.2) is 18.0 Å². The summed E-state index contributed by atoms with van der Waals surface area (Å²) >= 11 is 5.84. The zero-order valence-electron chi connectivity index (χ0n) is 9.04. The van der Waals surface area contributed by atoms with Gasteiger partial charge in [-0.15, -0.1) is 0 Å². The highest BCUT2D eigenvalue weighted by Gasteiger charge is 2.08. The molecule has 0 spiro atoms. The van der Waals surface area contributed by atoms with Crippen molar-refractivity contribution in [3.05, 3.63) is 23.1 Å². The molecule has 0 aliphatic heterocycles. The van der Waals surface area contributed by atoms with E-state index in [-0.39, 0.29) is 0 Å². The minimum atomic E-state index is 0.312. The molecule has 4 nitrogen and oxygen atoms in total. The van der Waals surface area contributed by atoms with Gasteiger partial charge in [0.2, 0.25) is 0 Å². The van der Waals surface area contributed by atoms with Gasteiger partial charge < -0.3 is 10.1 Å². The summed E-state index contributed by atoms with van der Waals surface area (Å²) < 4.78 is 5.09. The largest absolute Gasteiger partial charge is 0.490 e. The summed E-state index contributed by atoms with van der Waals surface area (Å²) in [5.41, 5.74) is 1.24. The Hall–Kier alpha value is -1.29. The van der Waals surface area contributed by atoms with Crippen LogP contribution in [0.5, 0.6) is 5.75 Å². The Balaban J connectivity index is 2.76. The second-order valence-electron chi connectivity index (χ2n) is 3.21. The molecule has 0 saturated heterocycles. The summed E-state index contributed by atoms with van der Waals surface area (Å²) in [4.78, 5) is 7.87. The van der Waals surface area contributed by atoms with Gasteiger partial charge in [0.05, 0.1) is 7.11 Å². The van der Waals surface area contributed by atoms with Crippen LogP contribution in [0.25, 0.3) is 0 Å². The summed E-state index contributed by atoms with van der Waals surface area (Å²) in [6, 6.07) is 0. The van der Waals surface area contributed by atoms with Crippen molar-refractivity contribution >= 4 is 17.4 Å². The first-order chi connectivity index (χ1) is 7.15. The molecule has 15 heavy (non-hydrogen) atoms. The van der Waals surface area contributed by atoms with Gasteiger partial charge in [0, 0.05) is 6.54 Å². The third kappa shape index (κ3) is 3.40. The topological polar surface area (TPSA) is 47.0 Å². The first-order valence-corrected chi connectivity index (χ1v) is 4.94. The molecule has 1 rings (SSSR count). The number of anilines is 1. The minimum Gasteiger partial charge on any atom is -0.490 e. The lowest BCUT2D eigenvalue weighted by atomic mass is 10.3. The summed E-state index contributed by atoms with van der Waals surface area (Å²) in [5.74, 6) is 1.08. The Bertz CT molecular complexity index is 362.